The number of hydrogen-bond donors (Lipinski definition) is 2. The van der Waals surface area contributed by atoms with Gasteiger partial charge in [-0.15, -0.1) is 11.8 Å². The van der Waals surface area contributed by atoms with E-state index in [2.05, 4.69) is 20.4 Å². The molecule has 32 heavy (non-hydrogen) atoms. The number of carbonyl (C=O) groups excluding carboxylic acids is 1. The third kappa shape index (κ3) is 4.57. The van der Waals surface area contributed by atoms with Crippen LogP contribution in [0, 0.1) is 0 Å². The molecule has 2 aromatic carbocycles. The number of thioether (sulfide) groups is 1. The van der Waals surface area contributed by atoms with Gasteiger partial charge in [-0.05, 0) is 47.7 Å². The molecule has 4 aromatic rings. The van der Waals surface area contributed by atoms with Gasteiger partial charge in [-0.3, -0.25) is 14.6 Å². The van der Waals surface area contributed by atoms with Crippen molar-refractivity contribution in [2.75, 3.05) is 13.4 Å². The van der Waals surface area contributed by atoms with Crippen LogP contribution in [0.2, 0.25) is 0 Å². The predicted molar refractivity (Wildman–Crippen MR) is 123 cm³/mol. The normalized spacial score (nSPS) is 11.7. The summed E-state index contributed by atoms with van der Waals surface area (Å²) in [5.74, 6) is 0.419. The molecule has 0 fully saturated rings. The van der Waals surface area contributed by atoms with Crippen molar-refractivity contribution in [3.8, 4) is 11.7 Å². The average molecular weight is 448 g/mol. The monoisotopic (exact) mass is 447 g/mol. The summed E-state index contributed by atoms with van der Waals surface area (Å²) in [5.41, 5.74) is 1.11. The van der Waals surface area contributed by atoms with Crippen LogP contribution in [0.25, 0.3) is 5.95 Å². The maximum atomic E-state index is 13.0. The number of rotatable bonds is 7. The maximum absolute atomic E-state index is 13.0. The van der Waals surface area contributed by atoms with Gasteiger partial charge in [0.1, 0.15) is 11.3 Å². The van der Waals surface area contributed by atoms with Gasteiger partial charge in [-0.25, -0.2) is 9.67 Å². The highest BCUT2D eigenvalue weighted by atomic mass is 32.2. The van der Waals surface area contributed by atoms with Crippen molar-refractivity contribution in [3.63, 3.8) is 0 Å². The van der Waals surface area contributed by atoms with E-state index < -0.39 is 17.5 Å². The lowest BCUT2D eigenvalue weighted by Gasteiger charge is -2.20. The van der Waals surface area contributed by atoms with E-state index in [4.69, 9.17) is 4.74 Å². The first-order valence-corrected chi connectivity index (χ1v) is 11.0. The minimum Gasteiger partial charge on any atom is -0.497 e. The molecule has 2 aromatic heterocycles. The molecule has 4 rings (SSSR count). The number of aromatic amines is 1. The predicted octanol–water partition coefficient (Wildman–Crippen LogP) is 3.21. The third-order valence-corrected chi connectivity index (χ3v) is 5.67. The number of nitrogens with one attached hydrogen (secondary N) is 2. The Balaban J connectivity index is 1.65. The van der Waals surface area contributed by atoms with E-state index in [1.165, 1.54) is 10.9 Å². The van der Waals surface area contributed by atoms with Crippen LogP contribution in [-0.4, -0.2) is 39.0 Å². The summed E-state index contributed by atoms with van der Waals surface area (Å²) in [6, 6.07) is 16.6. The molecule has 1 unspecified atom stereocenters. The Labute approximate surface area is 188 Å². The number of carbonyl (C=O) groups is 1. The smallest absolute Gasteiger partial charge is 0.265 e. The zero-order chi connectivity index (χ0) is 22.5. The lowest BCUT2D eigenvalue weighted by molar-refractivity contribution is 0.0941. The van der Waals surface area contributed by atoms with Crippen LogP contribution in [0.3, 0.4) is 0 Å². The van der Waals surface area contributed by atoms with E-state index in [0.717, 1.165) is 16.0 Å². The Hall–Kier alpha value is -3.85. The Morgan fingerprint density at radius 3 is 2.38 bits per heavy atom. The Morgan fingerprint density at radius 1 is 1.12 bits per heavy atom. The molecule has 0 bridgehead atoms. The van der Waals surface area contributed by atoms with Gasteiger partial charge in [0.05, 0.1) is 13.2 Å². The van der Waals surface area contributed by atoms with Crippen LogP contribution in [0.5, 0.6) is 5.75 Å². The number of H-pyrrole nitrogens is 1. The SMILES string of the molecule is COc1ccc(C(NC(=O)c2cnc(-n3cccn3)[nH]c2=O)c2ccc(SC)cc2)cc1. The number of nitrogens with zero attached hydrogens (tertiary/aromatic N) is 3. The Kier molecular flexibility index (Phi) is 6.37. The largest absolute Gasteiger partial charge is 0.497 e. The first kappa shape index (κ1) is 21.4. The molecule has 2 heterocycles. The zero-order valence-corrected chi connectivity index (χ0v) is 18.3. The van der Waals surface area contributed by atoms with E-state index in [-0.39, 0.29) is 11.5 Å². The van der Waals surface area contributed by atoms with Gasteiger partial charge in [0.25, 0.3) is 11.5 Å². The highest BCUT2D eigenvalue weighted by molar-refractivity contribution is 7.98. The van der Waals surface area contributed by atoms with Gasteiger partial charge >= 0.3 is 0 Å². The lowest BCUT2D eigenvalue weighted by Crippen LogP contribution is -2.34. The summed E-state index contributed by atoms with van der Waals surface area (Å²) < 4.78 is 6.66. The number of ether oxygens (including phenoxy) is 1. The second-order valence-electron chi connectivity index (χ2n) is 6.85. The van der Waals surface area contributed by atoms with Crippen LogP contribution in [0.15, 0.2) is 82.9 Å². The molecule has 1 atom stereocenters. The number of aromatic nitrogens is 4. The van der Waals surface area contributed by atoms with Crippen molar-refractivity contribution < 1.29 is 9.53 Å². The Morgan fingerprint density at radius 2 is 1.81 bits per heavy atom. The highest BCUT2D eigenvalue weighted by Crippen LogP contribution is 2.26. The molecule has 0 aliphatic rings. The Bertz CT molecular complexity index is 1200. The molecule has 0 saturated carbocycles. The quantitative estimate of drug-likeness (QED) is 0.422. The van der Waals surface area contributed by atoms with Crippen molar-refractivity contribution in [1.82, 2.24) is 25.1 Å². The molecule has 162 valence electrons. The molecule has 0 saturated heterocycles. The summed E-state index contributed by atoms with van der Waals surface area (Å²) in [5, 5.41) is 7.00. The number of amides is 1. The summed E-state index contributed by atoms with van der Waals surface area (Å²) in [6.07, 6.45) is 6.48. The van der Waals surface area contributed by atoms with Crippen LogP contribution < -0.4 is 15.6 Å². The molecule has 9 heteroatoms. The van der Waals surface area contributed by atoms with E-state index in [1.54, 1.807) is 37.3 Å². The molecule has 0 radical (unpaired) electrons. The molecule has 8 nitrogen and oxygen atoms in total. The zero-order valence-electron chi connectivity index (χ0n) is 17.5. The van der Waals surface area contributed by atoms with Crippen LogP contribution >= 0.6 is 11.8 Å². The minimum atomic E-state index is -0.547. The van der Waals surface area contributed by atoms with Crippen LogP contribution in [0.4, 0.5) is 0 Å². The first-order chi connectivity index (χ1) is 15.6. The summed E-state index contributed by atoms with van der Waals surface area (Å²) in [4.78, 5) is 33.5. The fourth-order valence-corrected chi connectivity index (χ4v) is 3.63. The molecule has 0 aliphatic carbocycles. The number of benzene rings is 2. The second kappa shape index (κ2) is 9.52. The molecule has 0 aliphatic heterocycles. The molecule has 1 amide bonds. The number of methoxy groups -OCH3 is 1. The standard InChI is InChI=1S/C23H21N5O3S/c1-31-17-8-4-15(5-9-17)20(16-6-10-18(32-2)11-7-16)26-21(29)19-14-24-23(27-22(19)30)28-13-3-12-25-28/h3-14,20H,1-2H3,(H,26,29)(H,24,27,30). The maximum Gasteiger partial charge on any atom is 0.265 e. The van der Waals surface area contributed by atoms with E-state index in [9.17, 15) is 9.59 Å². The molecule has 2 N–H and O–H groups in total. The second-order valence-corrected chi connectivity index (χ2v) is 7.73. The summed E-state index contributed by atoms with van der Waals surface area (Å²) >= 11 is 1.64. The van der Waals surface area contributed by atoms with Gasteiger partial charge < -0.3 is 10.1 Å². The molecule has 0 spiro atoms. The average Bonchev–Trinajstić information content (AvgIpc) is 3.38. The van der Waals surface area contributed by atoms with Gasteiger partial charge in [0, 0.05) is 23.5 Å². The van der Waals surface area contributed by atoms with Crippen molar-refractivity contribution in [1.29, 1.82) is 0 Å². The fourth-order valence-electron chi connectivity index (χ4n) is 3.22. The van der Waals surface area contributed by atoms with Crippen molar-refractivity contribution in [3.05, 3.63) is 100 Å². The van der Waals surface area contributed by atoms with Gasteiger partial charge in [0.15, 0.2) is 0 Å². The fraction of sp³-hybridized carbons (Fsp3) is 0.130. The van der Waals surface area contributed by atoms with Crippen molar-refractivity contribution in [2.24, 2.45) is 0 Å². The van der Waals surface area contributed by atoms with Crippen molar-refractivity contribution >= 4 is 17.7 Å². The van der Waals surface area contributed by atoms with Gasteiger partial charge in [0.2, 0.25) is 5.95 Å². The first-order valence-electron chi connectivity index (χ1n) is 9.77. The van der Waals surface area contributed by atoms with E-state index in [1.807, 2.05) is 54.8 Å². The van der Waals surface area contributed by atoms with Gasteiger partial charge in [-0.1, -0.05) is 24.3 Å². The van der Waals surface area contributed by atoms with E-state index >= 15 is 0 Å². The number of hydrogen-bond acceptors (Lipinski definition) is 6. The van der Waals surface area contributed by atoms with Gasteiger partial charge in [-0.2, -0.15) is 5.10 Å². The lowest BCUT2D eigenvalue weighted by atomic mass is 9.98. The molecular formula is C23H21N5O3S. The topological polar surface area (TPSA) is 102 Å². The summed E-state index contributed by atoms with van der Waals surface area (Å²) in [7, 11) is 1.60. The molecular weight excluding hydrogens is 426 g/mol. The summed E-state index contributed by atoms with van der Waals surface area (Å²) in [6.45, 7) is 0. The van der Waals surface area contributed by atoms with Crippen molar-refractivity contribution in [2.45, 2.75) is 10.9 Å². The third-order valence-electron chi connectivity index (χ3n) is 4.93. The van der Waals surface area contributed by atoms with Crippen LogP contribution in [0.1, 0.15) is 27.5 Å². The van der Waals surface area contributed by atoms with Crippen LogP contribution in [-0.2, 0) is 0 Å². The minimum absolute atomic E-state index is 0.0832. The highest BCUT2D eigenvalue weighted by Gasteiger charge is 2.20. The van der Waals surface area contributed by atoms with E-state index in [0.29, 0.717) is 5.75 Å².